The van der Waals surface area contributed by atoms with Gasteiger partial charge in [0.2, 0.25) is 0 Å². The summed E-state index contributed by atoms with van der Waals surface area (Å²) in [5.74, 6) is -0.399. The van der Waals surface area contributed by atoms with Gasteiger partial charge >= 0.3 is 6.18 Å². The molecule has 0 bridgehead atoms. The number of hydrogen-bond donors (Lipinski definition) is 2. The number of amides is 1. The first-order valence-corrected chi connectivity index (χ1v) is 8.44. The molecule has 27 heavy (non-hydrogen) atoms. The molecule has 1 aliphatic rings. The summed E-state index contributed by atoms with van der Waals surface area (Å²) in [6.45, 7) is 1.59. The van der Waals surface area contributed by atoms with Crippen molar-refractivity contribution in [1.82, 2.24) is 0 Å². The number of benzene rings is 2. The van der Waals surface area contributed by atoms with Crippen LogP contribution in [0.15, 0.2) is 53.6 Å². The molecule has 5 nitrogen and oxygen atoms in total. The maximum absolute atomic E-state index is 12.4. The van der Waals surface area contributed by atoms with E-state index in [-0.39, 0.29) is 11.4 Å². The van der Waals surface area contributed by atoms with Crippen LogP contribution in [0.2, 0.25) is 0 Å². The molecule has 0 atom stereocenters. The second kappa shape index (κ2) is 7.69. The van der Waals surface area contributed by atoms with E-state index < -0.39 is 18.6 Å². The van der Waals surface area contributed by atoms with Gasteiger partial charge in [-0.1, -0.05) is 12.1 Å². The number of para-hydroxylation sites is 2. The van der Waals surface area contributed by atoms with E-state index >= 15 is 0 Å². The van der Waals surface area contributed by atoms with Crippen molar-refractivity contribution in [1.29, 1.82) is 0 Å². The van der Waals surface area contributed by atoms with Gasteiger partial charge in [-0.05, 0) is 43.3 Å². The van der Waals surface area contributed by atoms with Gasteiger partial charge in [-0.15, -0.1) is 0 Å². The van der Waals surface area contributed by atoms with Gasteiger partial charge in [-0.2, -0.15) is 18.3 Å². The fraction of sp³-hybridized carbons (Fsp3) is 0.263. The number of rotatable bonds is 5. The van der Waals surface area contributed by atoms with Crippen LogP contribution in [0.3, 0.4) is 0 Å². The van der Waals surface area contributed by atoms with Crippen molar-refractivity contribution in [2.24, 2.45) is 5.10 Å². The second-order valence-electron chi connectivity index (χ2n) is 6.22. The van der Waals surface area contributed by atoms with E-state index in [0.29, 0.717) is 5.56 Å². The van der Waals surface area contributed by atoms with E-state index in [1.54, 1.807) is 42.5 Å². The number of alkyl halides is 3. The van der Waals surface area contributed by atoms with Crippen LogP contribution in [0.4, 0.5) is 30.2 Å². The Balaban J connectivity index is 1.69. The Morgan fingerprint density at radius 3 is 2.37 bits per heavy atom. The van der Waals surface area contributed by atoms with Crippen molar-refractivity contribution in [2.45, 2.75) is 19.5 Å². The van der Waals surface area contributed by atoms with Crippen LogP contribution in [0.25, 0.3) is 0 Å². The normalized spacial score (nSPS) is 14.1. The first kappa shape index (κ1) is 18.8. The van der Waals surface area contributed by atoms with Crippen LogP contribution in [0.1, 0.15) is 23.7 Å². The van der Waals surface area contributed by atoms with E-state index in [1.165, 1.54) is 6.07 Å². The summed E-state index contributed by atoms with van der Waals surface area (Å²) < 4.78 is 37.3. The molecule has 0 aromatic heterocycles. The average Bonchev–Trinajstić information content (AvgIpc) is 3.07. The SMILES string of the molecule is CC1=NN(c2ccc(C(=O)Nc3ccccc3NCC(F)(F)F)cc2)CC1. The quantitative estimate of drug-likeness (QED) is 0.808. The molecule has 1 heterocycles. The van der Waals surface area contributed by atoms with Crippen LogP contribution in [0, 0.1) is 0 Å². The Labute approximate surface area is 154 Å². The molecule has 142 valence electrons. The first-order valence-electron chi connectivity index (χ1n) is 8.44. The van der Waals surface area contributed by atoms with Gasteiger partial charge in [-0.3, -0.25) is 9.80 Å². The van der Waals surface area contributed by atoms with Crippen LogP contribution >= 0.6 is 0 Å². The molecule has 0 radical (unpaired) electrons. The van der Waals surface area contributed by atoms with Gasteiger partial charge in [0.25, 0.3) is 5.91 Å². The highest BCUT2D eigenvalue weighted by atomic mass is 19.4. The third-order valence-electron chi connectivity index (χ3n) is 4.06. The van der Waals surface area contributed by atoms with E-state index in [1.807, 2.05) is 11.9 Å². The summed E-state index contributed by atoms with van der Waals surface area (Å²) in [5.41, 5.74) is 2.84. The van der Waals surface area contributed by atoms with Gasteiger partial charge < -0.3 is 10.6 Å². The van der Waals surface area contributed by atoms with E-state index in [9.17, 15) is 18.0 Å². The summed E-state index contributed by atoms with van der Waals surface area (Å²) in [6, 6.07) is 13.2. The minimum Gasteiger partial charge on any atom is -0.375 e. The Morgan fingerprint density at radius 1 is 1.11 bits per heavy atom. The van der Waals surface area contributed by atoms with Crippen molar-refractivity contribution >= 4 is 28.7 Å². The molecule has 0 unspecified atom stereocenters. The Morgan fingerprint density at radius 2 is 1.78 bits per heavy atom. The summed E-state index contributed by atoms with van der Waals surface area (Å²) in [4.78, 5) is 12.4. The zero-order valence-corrected chi connectivity index (χ0v) is 14.7. The monoisotopic (exact) mass is 376 g/mol. The molecule has 0 aliphatic carbocycles. The molecule has 8 heteroatoms. The van der Waals surface area contributed by atoms with Crippen molar-refractivity contribution in [3.8, 4) is 0 Å². The standard InChI is InChI=1S/C19H19F3N4O/c1-13-10-11-26(25-13)15-8-6-14(7-9-15)18(27)24-17-5-3-2-4-16(17)23-12-19(20,21)22/h2-9,23H,10-12H2,1H3,(H,24,27). The van der Waals surface area contributed by atoms with Gasteiger partial charge in [-0.25, -0.2) is 0 Å². The summed E-state index contributed by atoms with van der Waals surface area (Å²) in [5, 5.41) is 11.2. The minimum absolute atomic E-state index is 0.210. The largest absolute Gasteiger partial charge is 0.405 e. The lowest BCUT2D eigenvalue weighted by molar-refractivity contribution is -0.115. The summed E-state index contributed by atoms with van der Waals surface area (Å²) in [7, 11) is 0. The van der Waals surface area contributed by atoms with E-state index in [4.69, 9.17) is 0 Å². The Hall–Kier alpha value is -3.03. The fourth-order valence-electron chi connectivity index (χ4n) is 2.68. The number of carbonyl (C=O) groups is 1. The van der Waals surface area contributed by atoms with Crippen LogP contribution in [0.5, 0.6) is 0 Å². The van der Waals surface area contributed by atoms with E-state index in [0.717, 1.165) is 24.4 Å². The predicted molar refractivity (Wildman–Crippen MR) is 100 cm³/mol. The molecule has 0 fully saturated rings. The Kier molecular flexibility index (Phi) is 5.34. The second-order valence-corrected chi connectivity index (χ2v) is 6.22. The van der Waals surface area contributed by atoms with Gasteiger partial charge in [0.15, 0.2) is 0 Å². The highest BCUT2D eigenvalue weighted by Gasteiger charge is 2.27. The van der Waals surface area contributed by atoms with Crippen molar-refractivity contribution in [3.05, 3.63) is 54.1 Å². The number of nitrogens with zero attached hydrogens (tertiary/aromatic N) is 2. The number of halogens is 3. The lowest BCUT2D eigenvalue weighted by atomic mass is 10.1. The minimum atomic E-state index is -4.34. The molecule has 2 N–H and O–H groups in total. The third-order valence-corrected chi connectivity index (χ3v) is 4.06. The van der Waals surface area contributed by atoms with Crippen molar-refractivity contribution in [2.75, 3.05) is 28.7 Å². The number of hydrogen-bond acceptors (Lipinski definition) is 4. The average molecular weight is 376 g/mol. The van der Waals surface area contributed by atoms with Crippen LogP contribution < -0.4 is 15.6 Å². The summed E-state index contributed by atoms with van der Waals surface area (Å²) >= 11 is 0. The zero-order valence-electron chi connectivity index (χ0n) is 14.7. The molecular weight excluding hydrogens is 357 g/mol. The van der Waals surface area contributed by atoms with Crippen molar-refractivity contribution < 1.29 is 18.0 Å². The lowest BCUT2D eigenvalue weighted by Crippen LogP contribution is -2.22. The van der Waals surface area contributed by atoms with Gasteiger partial charge in [0, 0.05) is 24.2 Å². The smallest absolute Gasteiger partial charge is 0.375 e. The van der Waals surface area contributed by atoms with Gasteiger partial charge in [0.05, 0.1) is 17.1 Å². The van der Waals surface area contributed by atoms with E-state index in [2.05, 4.69) is 15.7 Å². The molecule has 3 rings (SSSR count). The molecule has 2 aromatic rings. The summed E-state index contributed by atoms with van der Waals surface area (Å²) in [6.07, 6.45) is -3.44. The fourth-order valence-corrected chi connectivity index (χ4v) is 2.68. The first-order chi connectivity index (χ1) is 12.8. The van der Waals surface area contributed by atoms with Crippen LogP contribution in [-0.2, 0) is 0 Å². The molecule has 1 amide bonds. The molecular formula is C19H19F3N4O. The number of nitrogens with one attached hydrogen (secondary N) is 2. The number of anilines is 3. The molecule has 2 aromatic carbocycles. The maximum Gasteiger partial charge on any atom is 0.405 e. The molecule has 1 aliphatic heterocycles. The topological polar surface area (TPSA) is 56.7 Å². The van der Waals surface area contributed by atoms with Crippen LogP contribution in [-0.4, -0.2) is 30.9 Å². The zero-order chi connectivity index (χ0) is 19.4. The number of carbonyl (C=O) groups excluding carboxylic acids is 1. The highest BCUT2D eigenvalue weighted by Crippen LogP contribution is 2.25. The predicted octanol–water partition coefficient (Wildman–Crippen LogP) is 4.50. The molecule has 0 saturated heterocycles. The maximum atomic E-state index is 12.4. The lowest BCUT2D eigenvalue weighted by Gasteiger charge is -2.15. The third kappa shape index (κ3) is 4.99. The number of hydrazone groups is 1. The van der Waals surface area contributed by atoms with Gasteiger partial charge in [0.1, 0.15) is 6.54 Å². The Bertz CT molecular complexity index is 847. The highest BCUT2D eigenvalue weighted by molar-refractivity contribution is 6.06. The van der Waals surface area contributed by atoms with Crippen molar-refractivity contribution in [3.63, 3.8) is 0 Å². The molecule has 0 spiro atoms. The molecule has 0 saturated carbocycles.